The van der Waals surface area contributed by atoms with Crippen LogP contribution >= 0.6 is 12.4 Å². The SMILES string of the molecule is Cc1cc(C)c(C)c(OCCC(=O)NCc2ccc3c(c2)CNC3)c1.Cl. The van der Waals surface area contributed by atoms with Crippen molar-refractivity contribution in [3.63, 3.8) is 0 Å². The first-order chi connectivity index (χ1) is 12.0. The van der Waals surface area contributed by atoms with Gasteiger partial charge < -0.3 is 15.4 Å². The monoisotopic (exact) mass is 374 g/mol. The van der Waals surface area contributed by atoms with E-state index in [0.29, 0.717) is 19.6 Å². The second kappa shape index (κ2) is 9.06. The lowest BCUT2D eigenvalue weighted by Crippen LogP contribution is -2.24. The van der Waals surface area contributed by atoms with E-state index in [2.05, 4.69) is 48.7 Å². The molecule has 1 heterocycles. The van der Waals surface area contributed by atoms with E-state index in [1.807, 2.05) is 13.0 Å². The van der Waals surface area contributed by atoms with E-state index in [1.54, 1.807) is 0 Å². The average Bonchev–Trinajstić information content (AvgIpc) is 3.05. The maximum absolute atomic E-state index is 12.1. The van der Waals surface area contributed by atoms with Crippen LogP contribution in [0.1, 0.15) is 39.8 Å². The highest BCUT2D eigenvalue weighted by atomic mass is 35.5. The van der Waals surface area contributed by atoms with Gasteiger partial charge in [-0.3, -0.25) is 4.79 Å². The molecular weight excluding hydrogens is 348 g/mol. The molecule has 2 aromatic rings. The van der Waals surface area contributed by atoms with Crippen LogP contribution in [0.2, 0.25) is 0 Å². The number of halogens is 1. The summed E-state index contributed by atoms with van der Waals surface area (Å²) in [6.45, 7) is 8.99. The van der Waals surface area contributed by atoms with Crippen LogP contribution in [0.15, 0.2) is 30.3 Å². The van der Waals surface area contributed by atoms with E-state index in [0.717, 1.165) is 30.0 Å². The van der Waals surface area contributed by atoms with Gasteiger partial charge in [-0.15, -0.1) is 12.4 Å². The Labute approximate surface area is 161 Å². The molecule has 2 aromatic carbocycles. The van der Waals surface area contributed by atoms with Crippen LogP contribution in [0.5, 0.6) is 5.75 Å². The van der Waals surface area contributed by atoms with Crippen molar-refractivity contribution in [2.75, 3.05) is 6.61 Å². The second-order valence-electron chi connectivity index (χ2n) is 6.79. The zero-order valence-electron chi connectivity index (χ0n) is 15.6. The van der Waals surface area contributed by atoms with Crippen molar-refractivity contribution in [3.05, 3.63) is 63.7 Å². The fraction of sp³-hybridized carbons (Fsp3) is 0.381. The summed E-state index contributed by atoms with van der Waals surface area (Å²) in [6, 6.07) is 10.6. The van der Waals surface area contributed by atoms with Crippen molar-refractivity contribution in [2.45, 2.75) is 46.8 Å². The van der Waals surface area contributed by atoms with E-state index in [4.69, 9.17) is 4.74 Å². The molecule has 26 heavy (non-hydrogen) atoms. The van der Waals surface area contributed by atoms with E-state index < -0.39 is 0 Å². The number of carbonyl (C=O) groups excluding carboxylic acids is 1. The minimum atomic E-state index is 0. The summed E-state index contributed by atoms with van der Waals surface area (Å²) in [6.07, 6.45) is 0.360. The number of fused-ring (bicyclic) bond motifs is 1. The highest BCUT2D eigenvalue weighted by Gasteiger charge is 2.11. The molecule has 0 spiro atoms. The Morgan fingerprint density at radius 3 is 2.69 bits per heavy atom. The number of amides is 1. The largest absolute Gasteiger partial charge is 0.493 e. The van der Waals surface area contributed by atoms with Gasteiger partial charge >= 0.3 is 0 Å². The van der Waals surface area contributed by atoms with Crippen molar-refractivity contribution in [1.29, 1.82) is 0 Å². The first-order valence-electron chi connectivity index (χ1n) is 8.81. The molecule has 0 radical (unpaired) electrons. The normalized spacial score (nSPS) is 12.3. The molecule has 5 heteroatoms. The first-order valence-corrected chi connectivity index (χ1v) is 8.81. The third kappa shape index (κ3) is 4.99. The zero-order valence-corrected chi connectivity index (χ0v) is 16.5. The van der Waals surface area contributed by atoms with Crippen molar-refractivity contribution in [2.24, 2.45) is 0 Å². The van der Waals surface area contributed by atoms with Crippen LogP contribution in [0.3, 0.4) is 0 Å². The van der Waals surface area contributed by atoms with Crippen molar-refractivity contribution in [1.82, 2.24) is 10.6 Å². The van der Waals surface area contributed by atoms with Gasteiger partial charge in [-0.1, -0.05) is 24.3 Å². The molecule has 0 aliphatic carbocycles. The number of hydrogen-bond acceptors (Lipinski definition) is 3. The molecule has 140 valence electrons. The molecule has 3 rings (SSSR count). The maximum Gasteiger partial charge on any atom is 0.223 e. The van der Waals surface area contributed by atoms with Gasteiger partial charge in [0.2, 0.25) is 5.91 Å². The van der Waals surface area contributed by atoms with Crippen molar-refractivity contribution in [3.8, 4) is 5.75 Å². The molecule has 0 fully saturated rings. The Kier molecular flexibility index (Phi) is 7.06. The quantitative estimate of drug-likeness (QED) is 0.810. The molecule has 0 unspecified atom stereocenters. The Balaban J connectivity index is 0.00000243. The summed E-state index contributed by atoms with van der Waals surface area (Å²) in [5.41, 5.74) is 7.35. The molecular formula is C21H27ClN2O2. The molecule has 4 nitrogen and oxygen atoms in total. The number of rotatable bonds is 6. The molecule has 0 saturated carbocycles. The van der Waals surface area contributed by atoms with Crippen LogP contribution in [0.25, 0.3) is 0 Å². The van der Waals surface area contributed by atoms with Crippen LogP contribution in [-0.2, 0) is 24.4 Å². The third-order valence-electron chi connectivity index (χ3n) is 4.74. The predicted molar refractivity (Wildman–Crippen MR) is 107 cm³/mol. The van der Waals surface area contributed by atoms with Gasteiger partial charge in [-0.25, -0.2) is 0 Å². The molecule has 1 aliphatic heterocycles. The lowest BCUT2D eigenvalue weighted by atomic mass is 10.1. The number of benzene rings is 2. The maximum atomic E-state index is 12.1. The van der Waals surface area contributed by atoms with Gasteiger partial charge in [0.1, 0.15) is 5.75 Å². The average molecular weight is 375 g/mol. The minimum absolute atomic E-state index is 0. The highest BCUT2D eigenvalue weighted by Crippen LogP contribution is 2.23. The number of nitrogens with one attached hydrogen (secondary N) is 2. The van der Waals surface area contributed by atoms with Crippen LogP contribution < -0.4 is 15.4 Å². The summed E-state index contributed by atoms with van der Waals surface area (Å²) in [5.74, 6) is 0.886. The number of aryl methyl sites for hydroxylation is 2. The van der Waals surface area contributed by atoms with Gasteiger partial charge in [-0.2, -0.15) is 0 Å². The summed E-state index contributed by atoms with van der Waals surface area (Å²) in [5, 5.41) is 6.31. The van der Waals surface area contributed by atoms with Crippen LogP contribution in [0.4, 0.5) is 0 Å². The van der Waals surface area contributed by atoms with Gasteiger partial charge in [0.25, 0.3) is 0 Å². The van der Waals surface area contributed by atoms with E-state index >= 15 is 0 Å². The van der Waals surface area contributed by atoms with Crippen LogP contribution in [0, 0.1) is 20.8 Å². The number of hydrogen-bond donors (Lipinski definition) is 2. The Morgan fingerprint density at radius 1 is 1.12 bits per heavy atom. The van der Waals surface area contributed by atoms with Crippen molar-refractivity contribution >= 4 is 18.3 Å². The molecule has 0 atom stereocenters. The molecule has 1 aliphatic rings. The summed E-state index contributed by atoms with van der Waals surface area (Å²) >= 11 is 0. The van der Waals surface area contributed by atoms with E-state index in [9.17, 15) is 4.79 Å². The lowest BCUT2D eigenvalue weighted by molar-refractivity contribution is -0.121. The standard InChI is InChI=1S/C21H26N2O2.ClH/c1-14-8-15(2)16(3)20(9-14)25-7-6-21(24)23-11-17-4-5-18-12-22-13-19(18)10-17;/h4-5,8-10,22H,6-7,11-13H2,1-3H3,(H,23,24);1H. The molecule has 0 saturated heterocycles. The predicted octanol–water partition coefficient (Wildman–Crippen LogP) is 3.72. The molecule has 2 N–H and O–H groups in total. The van der Waals surface area contributed by atoms with Gasteiger partial charge in [0.15, 0.2) is 0 Å². The fourth-order valence-corrected chi connectivity index (χ4v) is 3.15. The zero-order chi connectivity index (χ0) is 17.8. The first kappa shape index (κ1) is 20.3. The Morgan fingerprint density at radius 2 is 1.88 bits per heavy atom. The number of carbonyl (C=O) groups is 1. The third-order valence-corrected chi connectivity index (χ3v) is 4.74. The topological polar surface area (TPSA) is 50.4 Å². The van der Waals surface area contributed by atoms with Gasteiger partial charge in [0.05, 0.1) is 13.0 Å². The minimum Gasteiger partial charge on any atom is -0.493 e. The summed E-state index contributed by atoms with van der Waals surface area (Å²) in [4.78, 5) is 12.1. The Hall–Kier alpha value is -2.04. The smallest absolute Gasteiger partial charge is 0.223 e. The van der Waals surface area contributed by atoms with Crippen molar-refractivity contribution < 1.29 is 9.53 Å². The molecule has 1 amide bonds. The van der Waals surface area contributed by atoms with E-state index in [-0.39, 0.29) is 18.3 Å². The molecule has 0 bridgehead atoms. The van der Waals surface area contributed by atoms with Crippen LogP contribution in [-0.4, -0.2) is 12.5 Å². The Bertz CT molecular complexity index is 790. The van der Waals surface area contributed by atoms with Gasteiger partial charge in [0, 0.05) is 19.6 Å². The summed E-state index contributed by atoms with van der Waals surface area (Å²) < 4.78 is 5.81. The number of ether oxygens (including phenoxy) is 1. The fourth-order valence-electron chi connectivity index (χ4n) is 3.15. The van der Waals surface area contributed by atoms with Gasteiger partial charge in [-0.05, 0) is 60.2 Å². The van der Waals surface area contributed by atoms with E-state index in [1.165, 1.54) is 22.3 Å². The molecule has 0 aromatic heterocycles. The second-order valence-corrected chi connectivity index (χ2v) is 6.79. The summed E-state index contributed by atoms with van der Waals surface area (Å²) in [7, 11) is 0. The lowest BCUT2D eigenvalue weighted by Gasteiger charge is -2.12. The highest BCUT2D eigenvalue weighted by molar-refractivity contribution is 5.85.